The molecule has 1 rings (SSSR count). The molecule has 5 heteroatoms. The summed E-state index contributed by atoms with van der Waals surface area (Å²) in [6.07, 6.45) is 0. The number of anilines is 1. The lowest BCUT2D eigenvalue weighted by molar-refractivity contribution is 0.127. The Hall–Kier alpha value is -1.20. The van der Waals surface area contributed by atoms with Gasteiger partial charge in [-0.05, 0) is 31.0 Å². The average Bonchev–Trinajstić information content (AvgIpc) is 2.33. The second-order valence-corrected chi connectivity index (χ2v) is 5.15. The third kappa shape index (κ3) is 4.76. The molecule has 1 unspecified atom stereocenters. The Morgan fingerprint density at radius 1 is 1.47 bits per heavy atom. The second-order valence-electron chi connectivity index (χ2n) is 4.71. The van der Waals surface area contributed by atoms with Crippen molar-refractivity contribution in [2.24, 2.45) is 11.7 Å². The largest absolute Gasteiger partial charge is 0.389 e. The molecule has 0 aliphatic carbocycles. The zero-order chi connectivity index (χ0) is 14.4. The van der Waals surface area contributed by atoms with Crippen molar-refractivity contribution < 1.29 is 9.13 Å². The van der Waals surface area contributed by atoms with E-state index in [-0.39, 0.29) is 16.6 Å². The molecular weight excluding hydrogens is 263 g/mol. The van der Waals surface area contributed by atoms with E-state index in [0.717, 1.165) is 0 Å². The number of hydrogen-bond donors (Lipinski definition) is 2. The maximum atomic E-state index is 13.8. The molecule has 0 heterocycles. The number of thiocarbonyl (C=S) groups is 1. The van der Waals surface area contributed by atoms with Crippen LogP contribution in [-0.4, -0.2) is 24.2 Å². The SMILES string of the molecule is CCOCC(Nc1ccc(C(N)=S)c(F)c1)C(C)C. The molecule has 0 bridgehead atoms. The van der Waals surface area contributed by atoms with Crippen LogP contribution in [0.2, 0.25) is 0 Å². The van der Waals surface area contributed by atoms with Gasteiger partial charge in [0.15, 0.2) is 0 Å². The number of nitrogens with two attached hydrogens (primary N) is 1. The molecule has 3 nitrogen and oxygen atoms in total. The second kappa shape index (κ2) is 7.40. The Morgan fingerprint density at radius 3 is 2.63 bits per heavy atom. The first-order valence-electron chi connectivity index (χ1n) is 6.39. The summed E-state index contributed by atoms with van der Waals surface area (Å²) in [5.41, 5.74) is 6.41. The topological polar surface area (TPSA) is 47.3 Å². The summed E-state index contributed by atoms with van der Waals surface area (Å²) in [6, 6.07) is 4.92. The molecule has 0 saturated carbocycles. The lowest BCUT2D eigenvalue weighted by Crippen LogP contribution is -2.31. The Bertz CT molecular complexity index is 437. The third-order valence-electron chi connectivity index (χ3n) is 2.89. The van der Waals surface area contributed by atoms with Crippen molar-refractivity contribution >= 4 is 22.9 Å². The van der Waals surface area contributed by atoms with E-state index in [1.807, 2.05) is 6.92 Å². The fourth-order valence-corrected chi connectivity index (χ4v) is 1.83. The Morgan fingerprint density at radius 2 is 2.16 bits per heavy atom. The first kappa shape index (κ1) is 15.9. The number of halogens is 1. The van der Waals surface area contributed by atoms with E-state index in [4.69, 9.17) is 22.7 Å². The number of nitrogens with one attached hydrogen (secondary N) is 1. The Labute approximate surface area is 119 Å². The van der Waals surface area contributed by atoms with Crippen LogP contribution in [0.1, 0.15) is 26.3 Å². The van der Waals surface area contributed by atoms with E-state index in [0.29, 0.717) is 24.8 Å². The maximum Gasteiger partial charge on any atom is 0.135 e. The van der Waals surface area contributed by atoms with Gasteiger partial charge in [-0.3, -0.25) is 0 Å². The summed E-state index contributed by atoms with van der Waals surface area (Å²) in [5.74, 6) is -0.0266. The first-order chi connectivity index (χ1) is 8.95. The van der Waals surface area contributed by atoms with Crippen molar-refractivity contribution in [1.82, 2.24) is 0 Å². The predicted molar refractivity (Wildman–Crippen MR) is 81.0 cm³/mol. The van der Waals surface area contributed by atoms with E-state index in [1.54, 1.807) is 12.1 Å². The highest BCUT2D eigenvalue weighted by molar-refractivity contribution is 7.80. The number of benzene rings is 1. The highest BCUT2D eigenvalue weighted by atomic mass is 32.1. The predicted octanol–water partition coefficient (Wildman–Crippen LogP) is 2.93. The Balaban J connectivity index is 2.79. The maximum absolute atomic E-state index is 13.8. The quantitative estimate of drug-likeness (QED) is 0.756. The molecule has 1 aromatic carbocycles. The van der Waals surface area contributed by atoms with E-state index in [1.165, 1.54) is 6.07 Å². The van der Waals surface area contributed by atoms with Crippen LogP contribution >= 0.6 is 12.2 Å². The van der Waals surface area contributed by atoms with E-state index in [2.05, 4.69) is 19.2 Å². The fraction of sp³-hybridized carbons (Fsp3) is 0.500. The van der Waals surface area contributed by atoms with Gasteiger partial charge in [0.05, 0.1) is 12.6 Å². The summed E-state index contributed by atoms with van der Waals surface area (Å²) >= 11 is 4.78. The van der Waals surface area contributed by atoms with Crippen LogP contribution in [0.5, 0.6) is 0 Å². The molecule has 0 amide bonds. The van der Waals surface area contributed by atoms with Crippen LogP contribution in [0.15, 0.2) is 18.2 Å². The minimum Gasteiger partial charge on any atom is -0.389 e. The van der Waals surface area contributed by atoms with Crippen molar-refractivity contribution in [2.45, 2.75) is 26.8 Å². The van der Waals surface area contributed by atoms with Gasteiger partial charge in [-0.25, -0.2) is 4.39 Å². The fourth-order valence-electron chi connectivity index (χ4n) is 1.66. The highest BCUT2D eigenvalue weighted by Gasteiger charge is 2.14. The van der Waals surface area contributed by atoms with Gasteiger partial charge in [-0.1, -0.05) is 26.1 Å². The van der Waals surface area contributed by atoms with Gasteiger partial charge >= 0.3 is 0 Å². The zero-order valence-electron chi connectivity index (χ0n) is 11.6. The highest BCUT2D eigenvalue weighted by Crippen LogP contribution is 2.17. The molecule has 0 spiro atoms. The molecule has 106 valence electrons. The van der Waals surface area contributed by atoms with Gasteiger partial charge in [0.2, 0.25) is 0 Å². The molecule has 19 heavy (non-hydrogen) atoms. The minimum absolute atomic E-state index is 0.0683. The van der Waals surface area contributed by atoms with Crippen molar-refractivity contribution in [3.63, 3.8) is 0 Å². The van der Waals surface area contributed by atoms with Crippen LogP contribution in [-0.2, 0) is 4.74 Å². The molecule has 0 radical (unpaired) electrons. The zero-order valence-corrected chi connectivity index (χ0v) is 12.4. The van der Waals surface area contributed by atoms with Gasteiger partial charge in [-0.15, -0.1) is 0 Å². The van der Waals surface area contributed by atoms with Gasteiger partial charge in [0.25, 0.3) is 0 Å². The lowest BCUT2D eigenvalue weighted by Gasteiger charge is -2.23. The average molecular weight is 284 g/mol. The van der Waals surface area contributed by atoms with Crippen LogP contribution in [0.3, 0.4) is 0 Å². The lowest BCUT2D eigenvalue weighted by atomic mass is 10.0. The number of rotatable bonds is 7. The van der Waals surface area contributed by atoms with Crippen molar-refractivity contribution in [3.8, 4) is 0 Å². The summed E-state index contributed by atoms with van der Waals surface area (Å²) in [7, 11) is 0. The van der Waals surface area contributed by atoms with Gasteiger partial charge < -0.3 is 15.8 Å². The smallest absolute Gasteiger partial charge is 0.135 e. The standard InChI is InChI=1S/C14H21FN2OS/c1-4-18-8-13(9(2)3)17-10-5-6-11(14(16)19)12(15)7-10/h5-7,9,13,17H,4,8H2,1-3H3,(H2,16,19). The van der Waals surface area contributed by atoms with E-state index < -0.39 is 5.82 Å². The summed E-state index contributed by atoms with van der Waals surface area (Å²) in [4.78, 5) is 0.0683. The molecule has 0 saturated heterocycles. The van der Waals surface area contributed by atoms with Crippen molar-refractivity contribution in [1.29, 1.82) is 0 Å². The summed E-state index contributed by atoms with van der Waals surface area (Å²) < 4.78 is 19.2. The molecule has 0 fully saturated rings. The van der Waals surface area contributed by atoms with Crippen LogP contribution < -0.4 is 11.1 Å². The molecule has 0 aromatic heterocycles. The molecule has 3 N–H and O–H groups in total. The van der Waals surface area contributed by atoms with Crippen LogP contribution in [0.25, 0.3) is 0 Å². The van der Waals surface area contributed by atoms with Gasteiger partial charge in [-0.2, -0.15) is 0 Å². The van der Waals surface area contributed by atoms with E-state index >= 15 is 0 Å². The van der Waals surface area contributed by atoms with Crippen LogP contribution in [0.4, 0.5) is 10.1 Å². The van der Waals surface area contributed by atoms with Gasteiger partial charge in [0, 0.05) is 17.9 Å². The molecule has 0 aliphatic rings. The third-order valence-corrected chi connectivity index (χ3v) is 3.11. The first-order valence-corrected chi connectivity index (χ1v) is 6.80. The van der Waals surface area contributed by atoms with Gasteiger partial charge in [0.1, 0.15) is 10.8 Å². The molecule has 0 aliphatic heterocycles. The molecular formula is C14H21FN2OS. The Kier molecular flexibility index (Phi) is 6.18. The normalized spacial score (nSPS) is 12.5. The monoisotopic (exact) mass is 284 g/mol. The van der Waals surface area contributed by atoms with Crippen molar-refractivity contribution in [2.75, 3.05) is 18.5 Å². The van der Waals surface area contributed by atoms with Crippen molar-refractivity contribution in [3.05, 3.63) is 29.6 Å². The van der Waals surface area contributed by atoms with Crippen LogP contribution in [0, 0.1) is 11.7 Å². The summed E-state index contributed by atoms with van der Waals surface area (Å²) in [5, 5.41) is 3.27. The number of hydrogen-bond acceptors (Lipinski definition) is 3. The summed E-state index contributed by atoms with van der Waals surface area (Å²) in [6.45, 7) is 7.40. The molecule has 1 aromatic rings. The number of ether oxygens (including phenoxy) is 1. The van der Waals surface area contributed by atoms with E-state index in [9.17, 15) is 4.39 Å². The molecule has 1 atom stereocenters. The minimum atomic E-state index is -0.406.